The van der Waals surface area contributed by atoms with E-state index >= 15 is 0 Å². The summed E-state index contributed by atoms with van der Waals surface area (Å²) in [5, 5.41) is 0.555. The SMILES string of the molecule is Cc1c(Cl)cccc1N1C[C@H](C(=O)Oc2cccc(N3C(=O)[C@H]4CCCC[C@@H]4C3=O)c2)CC1=O. The van der Waals surface area contributed by atoms with Gasteiger partial charge in [-0.2, -0.15) is 0 Å². The second-order valence-corrected chi connectivity index (χ2v) is 9.62. The Hall–Kier alpha value is -3.19. The number of benzene rings is 2. The van der Waals surface area contributed by atoms with Crippen LogP contribution in [0.25, 0.3) is 0 Å². The highest BCUT2D eigenvalue weighted by molar-refractivity contribution is 6.31. The van der Waals surface area contributed by atoms with Crippen molar-refractivity contribution in [3.8, 4) is 5.75 Å². The van der Waals surface area contributed by atoms with Crippen LogP contribution in [-0.4, -0.2) is 30.2 Å². The molecule has 5 rings (SSSR count). The molecule has 2 aromatic rings. The van der Waals surface area contributed by atoms with Crippen molar-refractivity contribution >= 4 is 46.7 Å². The monoisotopic (exact) mass is 480 g/mol. The normalized spacial score (nSPS) is 24.5. The van der Waals surface area contributed by atoms with E-state index in [9.17, 15) is 19.2 Å². The third kappa shape index (κ3) is 3.88. The molecule has 0 N–H and O–H groups in total. The first kappa shape index (κ1) is 22.6. The minimum Gasteiger partial charge on any atom is -0.426 e. The number of carbonyl (C=O) groups is 4. The van der Waals surface area contributed by atoms with Gasteiger partial charge in [-0.3, -0.25) is 19.2 Å². The number of ether oxygens (including phenoxy) is 1. The van der Waals surface area contributed by atoms with E-state index in [2.05, 4.69) is 0 Å². The number of carbonyl (C=O) groups excluding carboxylic acids is 4. The number of rotatable bonds is 4. The van der Waals surface area contributed by atoms with E-state index in [1.54, 1.807) is 47.4 Å². The maximum Gasteiger partial charge on any atom is 0.316 e. The molecule has 8 heteroatoms. The minimum absolute atomic E-state index is 0.0386. The molecule has 0 aromatic heterocycles. The Labute approximate surface area is 202 Å². The van der Waals surface area contributed by atoms with Crippen molar-refractivity contribution in [3.05, 3.63) is 53.1 Å². The smallest absolute Gasteiger partial charge is 0.316 e. The fraction of sp³-hybridized carbons (Fsp3) is 0.385. The van der Waals surface area contributed by atoms with Gasteiger partial charge in [0.15, 0.2) is 0 Å². The summed E-state index contributed by atoms with van der Waals surface area (Å²) in [6.07, 6.45) is 3.42. The van der Waals surface area contributed by atoms with E-state index in [0.29, 0.717) is 16.4 Å². The summed E-state index contributed by atoms with van der Waals surface area (Å²) in [7, 11) is 0. The molecule has 3 atom stereocenters. The summed E-state index contributed by atoms with van der Waals surface area (Å²) in [5.74, 6) is -1.94. The van der Waals surface area contributed by atoms with Gasteiger partial charge in [0, 0.05) is 29.7 Å². The Morgan fingerprint density at radius 3 is 2.38 bits per heavy atom. The topological polar surface area (TPSA) is 84.0 Å². The van der Waals surface area contributed by atoms with E-state index in [-0.39, 0.29) is 48.3 Å². The van der Waals surface area contributed by atoms with Gasteiger partial charge in [-0.25, -0.2) is 4.90 Å². The lowest BCUT2D eigenvalue weighted by Gasteiger charge is -2.19. The average molecular weight is 481 g/mol. The van der Waals surface area contributed by atoms with Crippen molar-refractivity contribution in [3.63, 3.8) is 0 Å². The first-order valence-corrected chi connectivity index (χ1v) is 12.0. The number of hydrogen-bond acceptors (Lipinski definition) is 5. The largest absolute Gasteiger partial charge is 0.426 e. The fourth-order valence-corrected chi connectivity index (χ4v) is 5.46. The van der Waals surface area contributed by atoms with E-state index in [1.165, 1.54) is 4.90 Å². The maximum atomic E-state index is 12.9. The van der Waals surface area contributed by atoms with Gasteiger partial charge in [0.2, 0.25) is 17.7 Å². The molecule has 3 fully saturated rings. The molecule has 1 saturated carbocycles. The lowest BCUT2D eigenvalue weighted by atomic mass is 9.81. The van der Waals surface area contributed by atoms with Crippen molar-refractivity contribution in [1.29, 1.82) is 0 Å². The summed E-state index contributed by atoms with van der Waals surface area (Å²) < 4.78 is 5.58. The van der Waals surface area contributed by atoms with Gasteiger partial charge in [0.25, 0.3) is 0 Å². The van der Waals surface area contributed by atoms with E-state index in [1.807, 2.05) is 6.92 Å². The minimum atomic E-state index is -0.632. The van der Waals surface area contributed by atoms with Crippen LogP contribution in [0.1, 0.15) is 37.7 Å². The van der Waals surface area contributed by atoms with Crippen molar-refractivity contribution in [1.82, 2.24) is 0 Å². The highest BCUT2D eigenvalue weighted by atomic mass is 35.5. The van der Waals surface area contributed by atoms with E-state index in [0.717, 1.165) is 31.2 Å². The quantitative estimate of drug-likeness (QED) is 0.370. The summed E-state index contributed by atoms with van der Waals surface area (Å²) in [6, 6.07) is 11.8. The van der Waals surface area contributed by atoms with E-state index < -0.39 is 11.9 Å². The van der Waals surface area contributed by atoms with E-state index in [4.69, 9.17) is 16.3 Å². The van der Waals surface area contributed by atoms with Crippen molar-refractivity contribution < 1.29 is 23.9 Å². The zero-order valence-corrected chi connectivity index (χ0v) is 19.6. The number of esters is 1. The van der Waals surface area contributed by atoms with Crippen LogP contribution in [0, 0.1) is 24.7 Å². The second-order valence-electron chi connectivity index (χ2n) is 9.22. The van der Waals surface area contributed by atoms with Crippen LogP contribution in [-0.2, 0) is 19.2 Å². The predicted octanol–water partition coefficient (Wildman–Crippen LogP) is 4.29. The van der Waals surface area contributed by atoms with Gasteiger partial charge in [0.1, 0.15) is 5.75 Å². The van der Waals surface area contributed by atoms with Crippen molar-refractivity contribution in [2.45, 2.75) is 39.0 Å². The number of nitrogens with zero attached hydrogens (tertiary/aromatic N) is 2. The van der Waals surface area contributed by atoms with Crippen LogP contribution in [0.15, 0.2) is 42.5 Å². The number of amides is 3. The highest BCUT2D eigenvalue weighted by Gasteiger charge is 2.48. The Balaban J connectivity index is 1.30. The molecule has 34 heavy (non-hydrogen) atoms. The molecule has 2 aromatic carbocycles. The highest BCUT2D eigenvalue weighted by Crippen LogP contribution is 2.40. The third-order valence-corrected chi connectivity index (χ3v) is 7.53. The zero-order valence-electron chi connectivity index (χ0n) is 18.8. The molecule has 3 aliphatic rings. The molecule has 1 aliphatic carbocycles. The first-order valence-electron chi connectivity index (χ1n) is 11.6. The van der Waals surface area contributed by atoms with Gasteiger partial charge >= 0.3 is 5.97 Å². The molecule has 2 heterocycles. The molecule has 0 spiro atoms. The molecule has 7 nitrogen and oxygen atoms in total. The number of anilines is 2. The number of imide groups is 1. The van der Waals surface area contributed by atoms with Crippen LogP contribution < -0.4 is 14.5 Å². The van der Waals surface area contributed by atoms with Crippen molar-refractivity contribution in [2.75, 3.05) is 16.3 Å². The zero-order chi connectivity index (χ0) is 24.0. The molecule has 0 bridgehead atoms. The summed E-state index contributed by atoms with van der Waals surface area (Å²) in [4.78, 5) is 54.1. The van der Waals surface area contributed by atoms with Crippen molar-refractivity contribution in [2.24, 2.45) is 17.8 Å². The van der Waals surface area contributed by atoms with Gasteiger partial charge in [-0.1, -0.05) is 36.6 Å². The summed E-state index contributed by atoms with van der Waals surface area (Å²) in [6.45, 7) is 2.03. The second kappa shape index (κ2) is 8.87. The molecule has 176 valence electrons. The van der Waals surface area contributed by atoms with Gasteiger partial charge in [-0.15, -0.1) is 0 Å². The number of halogens is 1. The van der Waals surface area contributed by atoms with Gasteiger partial charge in [-0.05, 0) is 49.6 Å². The summed E-state index contributed by atoms with van der Waals surface area (Å²) in [5.41, 5.74) is 1.87. The standard InChI is InChI=1S/C26H25ClN2O5/c1-15-21(27)10-5-11-22(15)28-14-16(12-23(28)30)26(33)34-18-7-4-6-17(13-18)29-24(31)19-8-2-3-9-20(19)25(29)32/h4-7,10-11,13,16,19-20H,2-3,8-9,12,14H2,1H3/t16-,19+,20+/m1/s1. The lowest BCUT2D eigenvalue weighted by Crippen LogP contribution is -2.31. The molecule has 0 radical (unpaired) electrons. The lowest BCUT2D eigenvalue weighted by molar-refractivity contribution is -0.139. The predicted molar refractivity (Wildman–Crippen MR) is 127 cm³/mol. The number of hydrogen-bond donors (Lipinski definition) is 0. The molecular formula is C26H25ClN2O5. The summed E-state index contributed by atoms with van der Waals surface area (Å²) >= 11 is 6.19. The van der Waals surface area contributed by atoms with Crippen LogP contribution in [0.5, 0.6) is 5.75 Å². The van der Waals surface area contributed by atoms with Gasteiger partial charge < -0.3 is 9.64 Å². The first-order chi connectivity index (χ1) is 16.3. The Bertz CT molecular complexity index is 1170. The van der Waals surface area contributed by atoms with Crippen LogP contribution in [0.2, 0.25) is 5.02 Å². The maximum absolute atomic E-state index is 12.9. The molecular weight excluding hydrogens is 456 g/mol. The van der Waals surface area contributed by atoms with Crippen LogP contribution in [0.3, 0.4) is 0 Å². The average Bonchev–Trinajstić information content (AvgIpc) is 3.33. The number of fused-ring (bicyclic) bond motifs is 1. The fourth-order valence-electron chi connectivity index (χ4n) is 5.29. The third-order valence-electron chi connectivity index (χ3n) is 7.12. The molecule has 0 unspecified atom stereocenters. The molecule has 2 aliphatic heterocycles. The van der Waals surface area contributed by atoms with Gasteiger partial charge in [0.05, 0.1) is 23.4 Å². The Morgan fingerprint density at radius 2 is 1.68 bits per heavy atom. The van der Waals surface area contributed by atoms with Crippen LogP contribution in [0.4, 0.5) is 11.4 Å². The Morgan fingerprint density at radius 1 is 1.00 bits per heavy atom. The molecule has 3 amide bonds. The van der Waals surface area contributed by atoms with Crippen LogP contribution >= 0.6 is 11.6 Å². The molecule has 2 saturated heterocycles. The Kier molecular flexibility index (Phi) is 5.90.